The van der Waals surface area contributed by atoms with Gasteiger partial charge >= 0.3 is 0 Å². The van der Waals surface area contributed by atoms with Crippen molar-refractivity contribution in [1.82, 2.24) is 0 Å². The first-order valence-corrected chi connectivity index (χ1v) is 6.71. The average Bonchev–Trinajstić information content (AvgIpc) is 2.48. The Balaban J connectivity index is 1.92. The molecule has 0 atom stereocenters. The van der Waals surface area contributed by atoms with Crippen LogP contribution in [0, 0.1) is 0 Å². The number of hydrogen-bond acceptors (Lipinski definition) is 4. The minimum Gasteiger partial charge on any atom is -0.464 e. The molecule has 0 amide bonds. The van der Waals surface area contributed by atoms with E-state index in [-0.39, 0.29) is 5.43 Å². The minimum atomic E-state index is -0.0226. The lowest BCUT2D eigenvalue weighted by Crippen LogP contribution is -2.12. The number of hydrogen-bond donors (Lipinski definition) is 2. The Hall–Kier alpha value is -2.20. The summed E-state index contributed by atoms with van der Waals surface area (Å²) in [5.74, 6) is 0. The maximum atomic E-state index is 12.4. The van der Waals surface area contributed by atoms with E-state index in [1.807, 2.05) is 30.3 Å². The highest BCUT2D eigenvalue weighted by Gasteiger charge is 2.07. The molecule has 1 aromatic heterocycles. The van der Waals surface area contributed by atoms with Crippen molar-refractivity contribution in [2.45, 2.75) is 11.4 Å². The first-order valence-electron chi connectivity index (χ1n) is 6.26. The van der Waals surface area contributed by atoms with Crippen molar-refractivity contribution in [1.29, 1.82) is 0 Å². The second kappa shape index (κ2) is 5.43. The third kappa shape index (κ3) is 2.56. The highest BCUT2D eigenvalue weighted by molar-refractivity contribution is 7.80. The molecule has 0 bridgehead atoms. The van der Waals surface area contributed by atoms with Gasteiger partial charge in [-0.2, -0.15) is 0 Å². The third-order valence-corrected chi connectivity index (χ3v) is 3.36. The molecule has 0 spiro atoms. The molecule has 0 radical (unpaired) electrons. The predicted octanol–water partition coefficient (Wildman–Crippen LogP) is 3.69. The summed E-state index contributed by atoms with van der Waals surface area (Å²) in [6.45, 7) is 0.430. The molecule has 20 heavy (non-hydrogen) atoms. The standard InChI is InChI=1S/C16H13NO2S/c18-16-11(9-17-12-4-2-1-3-5-12)10-19-15-7-6-13(20)8-14(15)16/h1-8,10,17,20H,9H2. The van der Waals surface area contributed by atoms with Crippen molar-refractivity contribution in [2.24, 2.45) is 0 Å². The second-order valence-corrected chi connectivity index (χ2v) is 5.01. The molecule has 1 N–H and O–H groups in total. The smallest absolute Gasteiger partial charge is 0.197 e. The molecule has 3 rings (SSSR count). The summed E-state index contributed by atoms with van der Waals surface area (Å²) < 4.78 is 5.49. The Labute approximate surface area is 121 Å². The Morgan fingerprint density at radius 3 is 2.70 bits per heavy atom. The number of benzene rings is 2. The van der Waals surface area contributed by atoms with E-state index in [0.717, 1.165) is 10.6 Å². The van der Waals surface area contributed by atoms with Gasteiger partial charge in [-0.3, -0.25) is 4.79 Å². The summed E-state index contributed by atoms with van der Waals surface area (Å²) in [6.07, 6.45) is 1.51. The summed E-state index contributed by atoms with van der Waals surface area (Å²) in [5.41, 5.74) is 2.12. The van der Waals surface area contributed by atoms with Crippen LogP contribution < -0.4 is 10.7 Å². The van der Waals surface area contributed by atoms with Crippen LogP contribution in [0.25, 0.3) is 11.0 Å². The Morgan fingerprint density at radius 2 is 1.90 bits per heavy atom. The molecule has 100 valence electrons. The highest BCUT2D eigenvalue weighted by atomic mass is 32.1. The molecule has 0 saturated heterocycles. The van der Waals surface area contributed by atoms with Crippen LogP contribution in [-0.2, 0) is 6.54 Å². The molecular formula is C16H13NO2S. The predicted molar refractivity (Wildman–Crippen MR) is 83.5 cm³/mol. The molecule has 0 fully saturated rings. The van der Waals surface area contributed by atoms with Crippen LogP contribution in [0.3, 0.4) is 0 Å². The molecule has 3 aromatic rings. The van der Waals surface area contributed by atoms with Crippen molar-refractivity contribution in [3.8, 4) is 0 Å². The van der Waals surface area contributed by atoms with Crippen LogP contribution in [0.1, 0.15) is 5.56 Å². The van der Waals surface area contributed by atoms with E-state index in [4.69, 9.17) is 4.42 Å². The maximum Gasteiger partial charge on any atom is 0.197 e. The van der Waals surface area contributed by atoms with Crippen molar-refractivity contribution < 1.29 is 4.42 Å². The Kier molecular flexibility index (Phi) is 3.48. The van der Waals surface area contributed by atoms with Gasteiger partial charge in [-0.25, -0.2) is 0 Å². The lowest BCUT2D eigenvalue weighted by Gasteiger charge is -2.06. The number of nitrogens with one attached hydrogen (secondary N) is 1. The zero-order valence-electron chi connectivity index (χ0n) is 10.7. The van der Waals surface area contributed by atoms with E-state index in [1.165, 1.54) is 6.26 Å². The maximum absolute atomic E-state index is 12.4. The van der Waals surface area contributed by atoms with Crippen molar-refractivity contribution in [2.75, 3.05) is 5.32 Å². The lowest BCUT2D eigenvalue weighted by atomic mass is 10.1. The van der Waals surface area contributed by atoms with Crippen LogP contribution in [-0.4, -0.2) is 0 Å². The van der Waals surface area contributed by atoms with Crippen LogP contribution >= 0.6 is 12.6 Å². The summed E-state index contributed by atoms with van der Waals surface area (Å²) in [4.78, 5) is 13.1. The van der Waals surface area contributed by atoms with E-state index in [1.54, 1.807) is 18.2 Å². The molecule has 0 aliphatic rings. The number of rotatable bonds is 3. The summed E-state index contributed by atoms with van der Waals surface area (Å²) in [7, 11) is 0. The van der Waals surface area contributed by atoms with Gasteiger partial charge < -0.3 is 9.73 Å². The number of thiol groups is 1. The Morgan fingerprint density at radius 1 is 1.10 bits per heavy atom. The molecule has 0 unspecified atom stereocenters. The van der Waals surface area contributed by atoms with Gasteiger partial charge in [-0.05, 0) is 30.3 Å². The van der Waals surface area contributed by atoms with Crippen LogP contribution in [0.5, 0.6) is 0 Å². The summed E-state index contributed by atoms with van der Waals surface area (Å²) >= 11 is 4.26. The fourth-order valence-corrected chi connectivity index (χ4v) is 2.24. The van der Waals surface area contributed by atoms with Gasteiger partial charge in [0.15, 0.2) is 5.43 Å². The molecule has 2 aromatic carbocycles. The SMILES string of the molecule is O=c1c(CNc2ccccc2)coc2ccc(S)cc12. The third-order valence-electron chi connectivity index (χ3n) is 3.08. The molecule has 0 saturated carbocycles. The molecule has 4 heteroatoms. The largest absolute Gasteiger partial charge is 0.464 e. The Bertz CT molecular complexity index is 796. The number of fused-ring (bicyclic) bond motifs is 1. The zero-order chi connectivity index (χ0) is 13.9. The van der Waals surface area contributed by atoms with E-state index >= 15 is 0 Å². The van der Waals surface area contributed by atoms with E-state index in [2.05, 4.69) is 17.9 Å². The highest BCUT2D eigenvalue weighted by Crippen LogP contribution is 2.16. The van der Waals surface area contributed by atoms with Crippen molar-refractivity contribution >= 4 is 29.3 Å². The van der Waals surface area contributed by atoms with Gasteiger partial charge in [-0.15, -0.1) is 12.6 Å². The lowest BCUT2D eigenvalue weighted by molar-refractivity contribution is 0.594. The average molecular weight is 283 g/mol. The van der Waals surface area contributed by atoms with Crippen LogP contribution in [0.4, 0.5) is 5.69 Å². The molecule has 1 heterocycles. The zero-order valence-corrected chi connectivity index (χ0v) is 11.6. The second-order valence-electron chi connectivity index (χ2n) is 4.49. The number of anilines is 1. The van der Waals surface area contributed by atoms with Gasteiger partial charge in [-0.1, -0.05) is 18.2 Å². The van der Waals surface area contributed by atoms with Crippen LogP contribution in [0.15, 0.2) is 68.9 Å². The van der Waals surface area contributed by atoms with Crippen LogP contribution in [0.2, 0.25) is 0 Å². The van der Waals surface area contributed by atoms with Crippen molar-refractivity contribution in [3.63, 3.8) is 0 Å². The van der Waals surface area contributed by atoms with Gasteiger partial charge in [0.1, 0.15) is 5.58 Å². The van der Waals surface area contributed by atoms with Gasteiger partial charge in [0, 0.05) is 17.1 Å². The topological polar surface area (TPSA) is 42.2 Å². The fraction of sp³-hybridized carbons (Fsp3) is 0.0625. The van der Waals surface area contributed by atoms with E-state index < -0.39 is 0 Å². The quantitative estimate of drug-likeness (QED) is 0.720. The molecule has 0 aliphatic carbocycles. The normalized spacial score (nSPS) is 10.7. The van der Waals surface area contributed by atoms with Crippen molar-refractivity contribution in [3.05, 3.63) is 70.6 Å². The molecular weight excluding hydrogens is 270 g/mol. The van der Waals surface area contributed by atoms with Gasteiger partial charge in [0.25, 0.3) is 0 Å². The first-order chi connectivity index (χ1) is 9.74. The van der Waals surface area contributed by atoms with Gasteiger partial charge in [0.2, 0.25) is 0 Å². The molecule has 0 aliphatic heterocycles. The van der Waals surface area contributed by atoms with Gasteiger partial charge in [0.05, 0.1) is 17.2 Å². The monoisotopic (exact) mass is 283 g/mol. The fourth-order valence-electron chi connectivity index (χ4n) is 2.03. The number of para-hydroxylation sites is 1. The van der Waals surface area contributed by atoms with E-state index in [9.17, 15) is 4.79 Å². The minimum absolute atomic E-state index is 0.0226. The van der Waals surface area contributed by atoms with E-state index in [0.29, 0.717) is 23.1 Å². The molecule has 3 nitrogen and oxygen atoms in total. The summed E-state index contributed by atoms with van der Waals surface area (Å²) in [5, 5.41) is 3.76. The first kappa shape index (κ1) is 12.8. The summed E-state index contributed by atoms with van der Waals surface area (Å²) in [6, 6.07) is 15.0.